The van der Waals surface area contributed by atoms with Gasteiger partial charge >= 0.3 is 0 Å². The summed E-state index contributed by atoms with van der Waals surface area (Å²) in [6, 6.07) is 10.7. The van der Waals surface area contributed by atoms with Crippen LogP contribution in [0.2, 0.25) is 0 Å². The zero-order chi connectivity index (χ0) is 22.2. The van der Waals surface area contributed by atoms with Crippen LogP contribution in [0.3, 0.4) is 0 Å². The second kappa shape index (κ2) is 8.27. The number of rotatable bonds is 6. The lowest BCUT2D eigenvalue weighted by Crippen LogP contribution is -2.42. The molecule has 0 saturated carbocycles. The fraction of sp³-hybridized carbons (Fsp3) is 0.333. The number of nitrogens with zero attached hydrogens (tertiary/aromatic N) is 1. The number of hydrogen-bond acceptors (Lipinski definition) is 7. The Morgan fingerprint density at radius 3 is 1.73 bits per heavy atom. The third kappa shape index (κ3) is 4.52. The van der Waals surface area contributed by atoms with Gasteiger partial charge in [-0.25, -0.2) is 30.4 Å². The number of nitrogens with two attached hydrogens (primary N) is 1. The molecule has 0 bridgehead atoms. The summed E-state index contributed by atoms with van der Waals surface area (Å²) in [6.45, 7) is 0.0820. The smallest absolute Gasteiger partial charge is 0.243 e. The van der Waals surface area contributed by atoms with E-state index in [0.717, 1.165) is 12.1 Å². The molecule has 0 atom stereocenters. The first kappa shape index (κ1) is 22.7. The van der Waals surface area contributed by atoms with Crippen molar-refractivity contribution in [2.24, 2.45) is 5.14 Å². The first-order valence-electron chi connectivity index (χ1n) is 8.97. The molecule has 0 aliphatic carbocycles. The van der Waals surface area contributed by atoms with Gasteiger partial charge in [0.2, 0.25) is 20.0 Å². The molecular formula is C18H22N2O7S3. The van der Waals surface area contributed by atoms with E-state index in [2.05, 4.69) is 0 Å². The van der Waals surface area contributed by atoms with Crippen LogP contribution in [0.15, 0.2) is 63.2 Å². The van der Waals surface area contributed by atoms with E-state index in [4.69, 9.17) is 9.88 Å². The summed E-state index contributed by atoms with van der Waals surface area (Å²) < 4.78 is 80.3. The van der Waals surface area contributed by atoms with Crippen LogP contribution in [0, 0.1) is 0 Å². The van der Waals surface area contributed by atoms with E-state index in [1.807, 2.05) is 0 Å². The fourth-order valence-electron chi connectivity index (χ4n) is 3.29. The van der Waals surface area contributed by atoms with Gasteiger partial charge in [0.05, 0.1) is 27.0 Å². The number of methoxy groups -OCH3 is 1. The van der Waals surface area contributed by atoms with Crippen LogP contribution in [0.25, 0.3) is 0 Å². The molecule has 0 aromatic heterocycles. The van der Waals surface area contributed by atoms with Gasteiger partial charge in [-0.1, -0.05) is 0 Å². The predicted octanol–water partition coefficient (Wildman–Crippen LogP) is 0.970. The van der Waals surface area contributed by atoms with Gasteiger partial charge in [0.15, 0.2) is 9.84 Å². The zero-order valence-electron chi connectivity index (χ0n) is 16.1. The van der Waals surface area contributed by atoms with Crippen molar-refractivity contribution in [3.8, 4) is 5.75 Å². The fourth-order valence-corrected chi connectivity index (χ4v) is 7.01. The number of benzene rings is 2. The van der Waals surface area contributed by atoms with Gasteiger partial charge in [-0.3, -0.25) is 0 Å². The Hall–Kier alpha value is -1.99. The van der Waals surface area contributed by atoms with Gasteiger partial charge in [-0.2, -0.15) is 4.31 Å². The Labute approximate surface area is 176 Å². The van der Waals surface area contributed by atoms with Crippen LogP contribution >= 0.6 is 0 Å². The average molecular weight is 475 g/mol. The molecule has 2 aromatic carbocycles. The molecule has 1 saturated heterocycles. The third-order valence-electron chi connectivity index (χ3n) is 5.02. The van der Waals surface area contributed by atoms with Crippen molar-refractivity contribution in [1.29, 1.82) is 0 Å². The standard InChI is InChI=1S/C18H22N2O7S3/c1-27-14-2-4-15(5-3-14)28(21,22)16-10-12-20(13-11-16)30(25,26)18-8-6-17(7-9-18)29(19,23)24/h2-9,16H,10-13H2,1H3,(H2,19,23,24). The van der Waals surface area contributed by atoms with E-state index >= 15 is 0 Å². The van der Waals surface area contributed by atoms with Crippen LogP contribution in [0.5, 0.6) is 5.75 Å². The molecule has 1 aliphatic rings. The molecule has 12 heteroatoms. The maximum absolute atomic E-state index is 12.9. The molecule has 2 N–H and O–H groups in total. The van der Waals surface area contributed by atoms with E-state index in [1.54, 1.807) is 12.1 Å². The van der Waals surface area contributed by atoms with E-state index in [9.17, 15) is 25.3 Å². The van der Waals surface area contributed by atoms with E-state index < -0.39 is 35.1 Å². The van der Waals surface area contributed by atoms with Crippen molar-refractivity contribution >= 4 is 29.9 Å². The summed E-state index contributed by atoms with van der Waals surface area (Å²) in [7, 11) is -9.92. The summed E-state index contributed by atoms with van der Waals surface area (Å²) in [6.07, 6.45) is 0.311. The topological polar surface area (TPSA) is 141 Å². The Balaban J connectivity index is 1.73. The molecule has 1 heterocycles. The number of ether oxygens (including phenoxy) is 1. The molecule has 1 aliphatic heterocycles. The quantitative estimate of drug-likeness (QED) is 0.657. The van der Waals surface area contributed by atoms with E-state index in [-0.39, 0.29) is 40.6 Å². The highest BCUT2D eigenvalue weighted by molar-refractivity contribution is 7.92. The first-order valence-corrected chi connectivity index (χ1v) is 13.5. The third-order valence-corrected chi connectivity index (χ3v) is 10.1. The first-order chi connectivity index (χ1) is 14.0. The highest BCUT2D eigenvalue weighted by Crippen LogP contribution is 2.28. The van der Waals surface area contributed by atoms with Crippen LogP contribution in [0.1, 0.15) is 12.8 Å². The maximum atomic E-state index is 12.9. The van der Waals surface area contributed by atoms with Crippen molar-refractivity contribution in [2.45, 2.75) is 32.8 Å². The second-order valence-electron chi connectivity index (χ2n) is 6.84. The molecule has 3 rings (SSSR count). The van der Waals surface area contributed by atoms with Crippen molar-refractivity contribution in [2.75, 3.05) is 20.2 Å². The molecule has 2 aromatic rings. The average Bonchev–Trinajstić information content (AvgIpc) is 2.73. The number of sulfonamides is 2. The van der Waals surface area contributed by atoms with Crippen LogP contribution < -0.4 is 9.88 Å². The van der Waals surface area contributed by atoms with E-state index in [1.165, 1.54) is 35.7 Å². The Kier molecular flexibility index (Phi) is 6.25. The minimum Gasteiger partial charge on any atom is -0.497 e. The van der Waals surface area contributed by atoms with Gasteiger partial charge < -0.3 is 4.74 Å². The predicted molar refractivity (Wildman–Crippen MR) is 110 cm³/mol. The maximum Gasteiger partial charge on any atom is 0.243 e. The number of sulfone groups is 1. The monoisotopic (exact) mass is 474 g/mol. The molecule has 0 unspecified atom stereocenters. The van der Waals surface area contributed by atoms with Crippen molar-refractivity contribution in [3.05, 3.63) is 48.5 Å². The molecule has 1 fully saturated rings. The van der Waals surface area contributed by atoms with Crippen LogP contribution in [0.4, 0.5) is 0 Å². The Morgan fingerprint density at radius 2 is 1.27 bits per heavy atom. The molecule has 0 radical (unpaired) electrons. The molecule has 164 valence electrons. The van der Waals surface area contributed by atoms with Gasteiger partial charge in [-0.05, 0) is 61.4 Å². The Morgan fingerprint density at radius 1 is 0.800 bits per heavy atom. The highest BCUT2D eigenvalue weighted by Gasteiger charge is 2.35. The largest absolute Gasteiger partial charge is 0.497 e. The van der Waals surface area contributed by atoms with Crippen molar-refractivity contribution in [3.63, 3.8) is 0 Å². The number of hydrogen-bond donors (Lipinski definition) is 1. The van der Waals surface area contributed by atoms with Crippen molar-refractivity contribution < 1.29 is 30.0 Å². The molecule has 9 nitrogen and oxygen atoms in total. The van der Waals surface area contributed by atoms with Gasteiger partial charge in [0.1, 0.15) is 5.75 Å². The lowest BCUT2D eigenvalue weighted by atomic mass is 10.2. The molecule has 30 heavy (non-hydrogen) atoms. The van der Waals surface area contributed by atoms with E-state index in [0.29, 0.717) is 5.75 Å². The minimum atomic E-state index is -3.93. The van der Waals surface area contributed by atoms with Gasteiger partial charge in [-0.15, -0.1) is 0 Å². The summed E-state index contributed by atoms with van der Waals surface area (Å²) >= 11 is 0. The number of piperidine rings is 1. The lowest BCUT2D eigenvalue weighted by molar-refractivity contribution is 0.345. The van der Waals surface area contributed by atoms with Gasteiger partial charge in [0, 0.05) is 13.1 Å². The molecule has 0 spiro atoms. The number of primary sulfonamides is 1. The van der Waals surface area contributed by atoms with Crippen LogP contribution in [-0.4, -0.2) is 55.0 Å². The lowest BCUT2D eigenvalue weighted by Gasteiger charge is -2.31. The summed E-state index contributed by atoms with van der Waals surface area (Å²) in [5, 5.41) is 4.33. The normalized spacial score (nSPS) is 17.0. The molecule has 0 amide bonds. The zero-order valence-corrected chi connectivity index (χ0v) is 18.6. The van der Waals surface area contributed by atoms with Crippen LogP contribution in [-0.2, 0) is 29.9 Å². The summed E-state index contributed by atoms with van der Waals surface area (Å²) in [4.78, 5) is -0.0969. The van der Waals surface area contributed by atoms with Crippen molar-refractivity contribution in [1.82, 2.24) is 4.31 Å². The highest BCUT2D eigenvalue weighted by atomic mass is 32.2. The summed E-state index contributed by atoms with van der Waals surface area (Å²) in [5.74, 6) is 0.545. The Bertz CT molecular complexity index is 1210. The minimum absolute atomic E-state index is 0.0410. The SMILES string of the molecule is COc1ccc(S(=O)(=O)C2CCN(S(=O)(=O)c3ccc(S(N)(=O)=O)cc3)CC2)cc1. The molecular weight excluding hydrogens is 452 g/mol. The summed E-state index contributed by atoms with van der Waals surface area (Å²) in [5.41, 5.74) is 0. The van der Waals surface area contributed by atoms with Gasteiger partial charge in [0.25, 0.3) is 0 Å². The second-order valence-corrected chi connectivity index (χ2v) is 12.6.